The minimum atomic E-state index is 0. The molecular formula is C18H27IN4S. The number of halogens is 1. The summed E-state index contributed by atoms with van der Waals surface area (Å²) in [7, 11) is 1.81. The van der Waals surface area contributed by atoms with Crippen LogP contribution in [0, 0.1) is 20.8 Å². The molecule has 0 aliphatic rings. The van der Waals surface area contributed by atoms with Gasteiger partial charge >= 0.3 is 0 Å². The highest BCUT2D eigenvalue weighted by atomic mass is 127. The first-order valence-corrected chi connectivity index (χ1v) is 8.88. The Morgan fingerprint density at radius 2 is 2.00 bits per heavy atom. The maximum Gasteiger partial charge on any atom is 0.191 e. The summed E-state index contributed by atoms with van der Waals surface area (Å²) in [5.41, 5.74) is 5.03. The molecule has 1 heterocycles. The van der Waals surface area contributed by atoms with Gasteiger partial charge in [0.1, 0.15) is 0 Å². The van der Waals surface area contributed by atoms with Gasteiger partial charge in [-0.25, -0.2) is 4.98 Å². The van der Waals surface area contributed by atoms with Crippen LogP contribution in [0.4, 0.5) is 0 Å². The Morgan fingerprint density at radius 3 is 2.62 bits per heavy atom. The number of benzene rings is 1. The average Bonchev–Trinajstić information content (AvgIpc) is 2.93. The Labute approximate surface area is 166 Å². The van der Waals surface area contributed by atoms with Crippen LogP contribution in [0.5, 0.6) is 0 Å². The second kappa shape index (κ2) is 10.7. The Bertz CT molecular complexity index is 667. The van der Waals surface area contributed by atoms with E-state index in [-0.39, 0.29) is 24.0 Å². The van der Waals surface area contributed by atoms with Crippen LogP contribution in [0.2, 0.25) is 0 Å². The summed E-state index contributed by atoms with van der Waals surface area (Å²) in [6.45, 7) is 7.99. The van der Waals surface area contributed by atoms with E-state index < -0.39 is 0 Å². The summed E-state index contributed by atoms with van der Waals surface area (Å²) in [6.07, 6.45) is 2.07. The molecule has 1 aromatic heterocycles. The average molecular weight is 458 g/mol. The molecule has 2 rings (SSSR count). The summed E-state index contributed by atoms with van der Waals surface area (Å²) in [6, 6.07) is 6.54. The zero-order valence-corrected chi connectivity index (χ0v) is 18.0. The van der Waals surface area contributed by atoms with E-state index >= 15 is 0 Å². The van der Waals surface area contributed by atoms with E-state index in [4.69, 9.17) is 0 Å². The monoisotopic (exact) mass is 458 g/mol. The van der Waals surface area contributed by atoms with Gasteiger partial charge < -0.3 is 10.6 Å². The summed E-state index contributed by atoms with van der Waals surface area (Å²) in [4.78, 5) is 8.77. The maximum absolute atomic E-state index is 4.49. The molecule has 0 atom stereocenters. The highest BCUT2D eigenvalue weighted by Crippen LogP contribution is 2.11. The molecule has 1 aromatic carbocycles. The van der Waals surface area contributed by atoms with Crippen molar-refractivity contribution in [2.24, 2.45) is 4.99 Å². The lowest BCUT2D eigenvalue weighted by Crippen LogP contribution is -2.37. The lowest BCUT2D eigenvalue weighted by atomic mass is 10.1. The topological polar surface area (TPSA) is 49.3 Å². The first kappa shape index (κ1) is 20.9. The predicted octanol–water partition coefficient (Wildman–Crippen LogP) is 3.98. The van der Waals surface area contributed by atoms with E-state index in [1.165, 1.54) is 21.7 Å². The van der Waals surface area contributed by atoms with Gasteiger partial charge in [-0.3, -0.25) is 4.99 Å². The van der Waals surface area contributed by atoms with Gasteiger partial charge in [0.05, 0.1) is 5.01 Å². The first-order valence-electron chi connectivity index (χ1n) is 8.00. The van der Waals surface area contributed by atoms with E-state index in [2.05, 4.69) is 58.0 Å². The molecule has 132 valence electrons. The van der Waals surface area contributed by atoms with E-state index in [1.54, 1.807) is 11.3 Å². The maximum atomic E-state index is 4.49. The van der Waals surface area contributed by atoms with Crippen LogP contribution in [0.3, 0.4) is 0 Å². The predicted molar refractivity (Wildman–Crippen MR) is 115 cm³/mol. The largest absolute Gasteiger partial charge is 0.356 e. The Balaban J connectivity index is 0.00000288. The van der Waals surface area contributed by atoms with Crippen LogP contribution in [0.15, 0.2) is 28.6 Å². The number of guanidine groups is 1. The molecule has 0 aliphatic heterocycles. The van der Waals surface area contributed by atoms with Crippen LogP contribution < -0.4 is 10.6 Å². The summed E-state index contributed by atoms with van der Waals surface area (Å²) >= 11 is 1.74. The van der Waals surface area contributed by atoms with Gasteiger partial charge in [0, 0.05) is 37.6 Å². The zero-order valence-electron chi connectivity index (χ0n) is 14.8. The van der Waals surface area contributed by atoms with Gasteiger partial charge in [-0.1, -0.05) is 23.8 Å². The van der Waals surface area contributed by atoms with Gasteiger partial charge in [-0.15, -0.1) is 35.3 Å². The molecule has 0 unspecified atom stereocenters. The molecule has 2 aromatic rings. The van der Waals surface area contributed by atoms with Gasteiger partial charge in [0.25, 0.3) is 0 Å². The molecule has 0 fully saturated rings. The van der Waals surface area contributed by atoms with Crippen molar-refractivity contribution >= 4 is 41.3 Å². The zero-order chi connectivity index (χ0) is 16.7. The quantitative estimate of drug-likeness (QED) is 0.298. The first-order chi connectivity index (χ1) is 11.1. The normalized spacial score (nSPS) is 11.1. The molecule has 0 saturated heterocycles. The molecule has 0 amide bonds. The minimum absolute atomic E-state index is 0. The number of aromatic nitrogens is 1. The Morgan fingerprint density at radius 1 is 1.21 bits per heavy atom. The van der Waals surface area contributed by atoms with Crippen LogP contribution in [-0.4, -0.2) is 24.5 Å². The Hall–Kier alpha value is -1.15. The molecule has 24 heavy (non-hydrogen) atoms. The van der Waals surface area contributed by atoms with Crippen LogP contribution in [0.25, 0.3) is 0 Å². The lowest BCUT2D eigenvalue weighted by molar-refractivity contribution is 0.738. The van der Waals surface area contributed by atoms with Gasteiger partial charge in [-0.2, -0.15) is 0 Å². The second-order valence-corrected chi connectivity index (χ2v) is 6.71. The number of hydrogen-bond donors (Lipinski definition) is 2. The number of hydrogen-bond acceptors (Lipinski definition) is 3. The fraction of sp³-hybridized carbons (Fsp3) is 0.444. The molecule has 0 saturated carbocycles. The van der Waals surface area contributed by atoms with Crippen LogP contribution in [0.1, 0.15) is 33.8 Å². The van der Waals surface area contributed by atoms with Gasteiger partial charge in [0.15, 0.2) is 5.96 Å². The number of thiazole rings is 1. The van der Waals surface area contributed by atoms with Crippen LogP contribution in [-0.2, 0) is 13.0 Å². The van der Waals surface area contributed by atoms with Crippen molar-refractivity contribution in [1.82, 2.24) is 15.6 Å². The smallest absolute Gasteiger partial charge is 0.191 e. The second-order valence-electron chi connectivity index (χ2n) is 5.77. The molecule has 0 radical (unpaired) electrons. The number of rotatable bonds is 6. The molecule has 0 bridgehead atoms. The number of nitrogens with one attached hydrogen (secondary N) is 2. The standard InChI is InChI=1S/C18H26N4S.HI/c1-13-7-8-16(14(2)10-13)11-21-18(19-4)20-9-5-6-17-22-15(3)12-23-17;/h7-8,10,12H,5-6,9,11H2,1-4H3,(H2,19,20,21);1H. The third-order valence-electron chi connectivity index (χ3n) is 3.69. The number of aryl methyl sites for hydroxylation is 4. The highest BCUT2D eigenvalue weighted by molar-refractivity contribution is 14.0. The van der Waals surface area contributed by atoms with Crippen molar-refractivity contribution in [2.45, 2.75) is 40.2 Å². The summed E-state index contributed by atoms with van der Waals surface area (Å²) in [5, 5.41) is 10.1. The van der Waals surface area contributed by atoms with Crippen molar-refractivity contribution in [3.05, 3.63) is 51.0 Å². The SMILES string of the molecule is CN=C(NCCCc1nc(C)cs1)NCc1ccc(C)cc1C.I. The third kappa shape index (κ3) is 6.76. The molecular weight excluding hydrogens is 431 g/mol. The molecule has 0 aliphatic carbocycles. The molecule has 4 nitrogen and oxygen atoms in total. The van der Waals surface area contributed by atoms with Crippen molar-refractivity contribution in [3.63, 3.8) is 0 Å². The molecule has 6 heteroatoms. The number of aliphatic imine (C=N–C) groups is 1. The molecule has 0 spiro atoms. The van der Waals surface area contributed by atoms with Crippen molar-refractivity contribution < 1.29 is 0 Å². The van der Waals surface area contributed by atoms with Crippen molar-refractivity contribution in [1.29, 1.82) is 0 Å². The van der Waals surface area contributed by atoms with E-state index in [0.29, 0.717) is 0 Å². The van der Waals surface area contributed by atoms with E-state index in [9.17, 15) is 0 Å². The van der Waals surface area contributed by atoms with Gasteiger partial charge in [-0.05, 0) is 38.3 Å². The number of nitrogens with zero attached hydrogens (tertiary/aromatic N) is 2. The fourth-order valence-electron chi connectivity index (χ4n) is 2.41. The van der Waals surface area contributed by atoms with E-state index in [1.807, 2.05) is 14.0 Å². The highest BCUT2D eigenvalue weighted by Gasteiger charge is 2.02. The van der Waals surface area contributed by atoms with E-state index in [0.717, 1.165) is 37.6 Å². The van der Waals surface area contributed by atoms with Gasteiger partial charge in [0.2, 0.25) is 0 Å². The summed E-state index contributed by atoms with van der Waals surface area (Å²) < 4.78 is 0. The van der Waals surface area contributed by atoms with Crippen LogP contribution >= 0.6 is 35.3 Å². The Kier molecular flexibility index (Phi) is 9.28. The third-order valence-corrected chi connectivity index (χ3v) is 4.72. The van der Waals surface area contributed by atoms with Crippen molar-refractivity contribution in [3.8, 4) is 0 Å². The minimum Gasteiger partial charge on any atom is -0.356 e. The fourth-order valence-corrected chi connectivity index (χ4v) is 3.23. The molecule has 2 N–H and O–H groups in total. The summed E-state index contributed by atoms with van der Waals surface area (Å²) in [5.74, 6) is 0.847. The lowest BCUT2D eigenvalue weighted by Gasteiger charge is -2.13. The van der Waals surface area contributed by atoms with Crippen molar-refractivity contribution in [2.75, 3.05) is 13.6 Å².